The average molecular weight is 235 g/mol. The number of hydrogen-bond acceptors (Lipinski definition) is 2. The second-order valence-electron chi connectivity index (χ2n) is 4.14. The van der Waals surface area contributed by atoms with Gasteiger partial charge in [-0.1, -0.05) is 36.4 Å². The Bertz CT molecular complexity index is 639. The van der Waals surface area contributed by atoms with Crippen molar-refractivity contribution in [1.82, 2.24) is 14.8 Å². The molecule has 0 unspecified atom stereocenters. The molecule has 2 heterocycles. The number of nitrogens with zero attached hydrogens (tertiary/aromatic N) is 3. The summed E-state index contributed by atoms with van der Waals surface area (Å²) in [6, 6.07) is 16.3. The van der Waals surface area contributed by atoms with Crippen LogP contribution in [-0.2, 0) is 7.05 Å². The number of aryl methyl sites for hydroxylation is 1. The quantitative estimate of drug-likeness (QED) is 0.683. The molecule has 0 atom stereocenters. The zero-order chi connectivity index (χ0) is 12.4. The van der Waals surface area contributed by atoms with E-state index >= 15 is 0 Å². The van der Waals surface area contributed by atoms with Gasteiger partial charge in [-0.3, -0.25) is 9.67 Å². The van der Waals surface area contributed by atoms with Gasteiger partial charge >= 0.3 is 0 Å². The van der Waals surface area contributed by atoms with Crippen LogP contribution in [0.2, 0.25) is 0 Å². The lowest BCUT2D eigenvalue weighted by Crippen LogP contribution is -1.94. The molecule has 0 radical (unpaired) electrons. The van der Waals surface area contributed by atoms with Crippen molar-refractivity contribution < 1.29 is 0 Å². The summed E-state index contributed by atoms with van der Waals surface area (Å²) in [6.45, 7) is 0. The lowest BCUT2D eigenvalue weighted by Gasteiger charge is -2.04. The Hall–Kier alpha value is -2.42. The van der Waals surface area contributed by atoms with Crippen molar-refractivity contribution in [1.29, 1.82) is 0 Å². The van der Waals surface area contributed by atoms with Gasteiger partial charge in [0.2, 0.25) is 0 Å². The first-order chi connectivity index (χ1) is 8.84. The highest BCUT2D eigenvalue weighted by molar-refractivity contribution is 5.65. The Balaban J connectivity index is 1.97. The van der Waals surface area contributed by atoms with E-state index in [1.54, 1.807) is 6.20 Å². The van der Waals surface area contributed by atoms with Crippen LogP contribution in [0.4, 0.5) is 0 Å². The van der Waals surface area contributed by atoms with E-state index in [-0.39, 0.29) is 0 Å². The van der Waals surface area contributed by atoms with E-state index in [4.69, 9.17) is 0 Å². The van der Waals surface area contributed by atoms with Crippen molar-refractivity contribution in [2.24, 2.45) is 7.05 Å². The predicted octanol–water partition coefficient (Wildman–Crippen LogP) is 3.15. The Kier molecular flexibility index (Phi) is 2.65. The van der Waals surface area contributed by atoms with E-state index < -0.39 is 0 Å². The lowest BCUT2D eigenvalue weighted by molar-refractivity contribution is 0.773. The van der Waals surface area contributed by atoms with Gasteiger partial charge in [0.05, 0.1) is 11.4 Å². The zero-order valence-corrected chi connectivity index (χ0v) is 10.1. The fourth-order valence-electron chi connectivity index (χ4n) is 1.97. The molecule has 0 amide bonds. The molecular formula is C15H13N3. The van der Waals surface area contributed by atoms with Crippen molar-refractivity contribution in [3.8, 4) is 22.5 Å². The molecule has 0 spiro atoms. The molecule has 0 saturated carbocycles. The fraction of sp³-hybridized carbons (Fsp3) is 0.0667. The number of hydrogen-bond donors (Lipinski definition) is 0. The largest absolute Gasteiger partial charge is 0.266 e. The van der Waals surface area contributed by atoms with Crippen LogP contribution in [0.1, 0.15) is 0 Å². The van der Waals surface area contributed by atoms with Crippen LogP contribution in [0, 0.1) is 0 Å². The van der Waals surface area contributed by atoms with Gasteiger partial charge in [0.1, 0.15) is 0 Å². The van der Waals surface area contributed by atoms with Crippen LogP contribution in [-0.4, -0.2) is 14.8 Å². The van der Waals surface area contributed by atoms with Gasteiger partial charge in [0.25, 0.3) is 0 Å². The number of pyridine rings is 1. The predicted molar refractivity (Wildman–Crippen MR) is 71.9 cm³/mol. The topological polar surface area (TPSA) is 30.7 Å². The highest BCUT2D eigenvalue weighted by Crippen LogP contribution is 2.21. The highest BCUT2D eigenvalue weighted by Gasteiger charge is 2.04. The summed E-state index contributed by atoms with van der Waals surface area (Å²) in [4.78, 5) is 4.50. The van der Waals surface area contributed by atoms with Crippen LogP contribution >= 0.6 is 0 Å². The van der Waals surface area contributed by atoms with Crippen LogP contribution in [0.25, 0.3) is 22.5 Å². The van der Waals surface area contributed by atoms with E-state index in [0.717, 1.165) is 17.0 Å². The molecule has 0 aliphatic carbocycles. The third kappa shape index (κ3) is 1.91. The van der Waals surface area contributed by atoms with Gasteiger partial charge in [-0.05, 0) is 17.7 Å². The minimum Gasteiger partial charge on any atom is -0.266 e. The Morgan fingerprint density at radius 2 is 1.72 bits per heavy atom. The van der Waals surface area contributed by atoms with Gasteiger partial charge in [0, 0.05) is 25.0 Å². The summed E-state index contributed by atoms with van der Waals surface area (Å²) in [6.07, 6.45) is 3.68. The van der Waals surface area contributed by atoms with Gasteiger partial charge in [-0.25, -0.2) is 0 Å². The van der Waals surface area contributed by atoms with Crippen LogP contribution in [0.15, 0.2) is 60.9 Å². The smallest absolute Gasteiger partial charge is 0.0883 e. The number of rotatable bonds is 2. The Morgan fingerprint density at radius 1 is 0.889 bits per heavy atom. The molecule has 0 bridgehead atoms. The summed E-state index contributed by atoms with van der Waals surface area (Å²) in [5.74, 6) is 0. The molecule has 3 rings (SSSR count). The average Bonchev–Trinajstić information content (AvgIpc) is 2.86. The molecule has 0 aliphatic rings. The monoisotopic (exact) mass is 235 g/mol. The normalized spacial score (nSPS) is 10.5. The molecule has 18 heavy (non-hydrogen) atoms. The molecule has 0 saturated heterocycles. The van der Waals surface area contributed by atoms with Crippen LogP contribution in [0.5, 0.6) is 0 Å². The van der Waals surface area contributed by atoms with Crippen LogP contribution < -0.4 is 0 Å². The summed E-state index contributed by atoms with van der Waals surface area (Å²) in [7, 11) is 1.92. The van der Waals surface area contributed by atoms with Crippen molar-refractivity contribution in [3.05, 3.63) is 60.9 Å². The maximum absolute atomic E-state index is 4.50. The third-order valence-corrected chi connectivity index (χ3v) is 2.95. The molecule has 0 N–H and O–H groups in total. The highest BCUT2D eigenvalue weighted by atomic mass is 15.3. The standard InChI is InChI=1S/C15H13N3/c1-18-15(9-10-17-18)14-8-7-13(11-16-14)12-5-3-2-4-6-12/h2-11H,1H3. The van der Waals surface area contributed by atoms with Crippen LogP contribution in [0.3, 0.4) is 0 Å². The third-order valence-electron chi connectivity index (χ3n) is 2.95. The summed E-state index contributed by atoms with van der Waals surface area (Å²) < 4.78 is 1.82. The van der Waals surface area contributed by atoms with Crippen molar-refractivity contribution in [2.75, 3.05) is 0 Å². The maximum Gasteiger partial charge on any atom is 0.0883 e. The lowest BCUT2D eigenvalue weighted by atomic mass is 10.1. The van der Waals surface area contributed by atoms with E-state index in [2.05, 4.69) is 28.3 Å². The molecular weight excluding hydrogens is 222 g/mol. The minimum atomic E-state index is 0.940. The van der Waals surface area contributed by atoms with E-state index in [1.165, 1.54) is 5.56 Å². The molecule has 3 nitrogen and oxygen atoms in total. The Morgan fingerprint density at radius 3 is 2.33 bits per heavy atom. The molecule has 88 valence electrons. The molecule has 0 aliphatic heterocycles. The molecule has 0 fully saturated rings. The van der Waals surface area contributed by atoms with Gasteiger partial charge in [0.15, 0.2) is 0 Å². The zero-order valence-electron chi connectivity index (χ0n) is 10.1. The first-order valence-corrected chi connectivity index (χ1v) is 5.84. The van der Waals surface area contributed by atoms with Gasteiger partial charge < -0.3 is 0 Å². The first-order valence-electron chi connectivity index (χ1n) is 5.84. The SMILES string of the molecule is Cn1nccc1-c1ccc(-c2ccccc2)cn1. The molecule has 2 aromatic heterocycles. The maximum atomic E-state index is 4.50. The van der Waals surface area contributed by atoms with Crippen molar-refractivity contribution >= 4 is 0 Å². The van der Waals surface area contributed by atoms with Gasteiger partial charge in [-0.15, -0.1) is 0 Å². The van der Waals surface area contributed by atoms with E-state index in [9.17, 15) is 0 Å². The molecule has 3 aromatic rings. The minimum absolute atomic E-state index is 0.940. The summed E-state index contributed by atoms with van der Waals surface area (Å²) in [5.41, 5.74) is 4.27. The second-order valence-corrected chi connectivity index (χ2v) is 4.14. The number of benzene rings is 1. The molecule has 3 heteroatoms. The van der Waals surface area contributed by atoms with Crippen molar-refractivity contribution in [2.45, 2.75) is 0 Å². The van der Waals surface area contributed by atoms with Gasteiger partial charge in [-0.2, -0.15) is 5.10 Å². The fourth-order valence-corrected chi connectivity index (χ4v) is 1.97. The Labute approximate surface area is 106 Å². The van der Waals surface area contributed by atoms with E-state index in [0.29, 0.717) is 0 Å². The summed E-state index contributed by atoms with van der Waals surface area (Å²) >= 11 is 0. The number of aromatic nitrogens is 3. The van der Waals surface area contributed by atoms with E-state index in [1.807, 2.05) is 48.3 Å². The molecule has 1 aromatic carbocycles. The first kappa shape index (κ1) is 10.7. The summed E-state index contributed by atoms with van der Waals surface area (Å²) in [5, 5.41) is 4.15. The second kappa shape index (κ2) is 4.45. The van der Waals surface area contributed by atoms with Crippen molar-refractivity contribution in [3.63, 3.8) is 0 Å².